The molecule has 0 radical (unpaired) electrons. The Balaban J connectivity index is 2.43. The van der Waals surface area contributed by atoms with Crippen molar-refractivity contribution in [1.29, 1.82) is 0 Å². The summed E-state index contributed by atoms with van der Waals surface area (Å²) in [6, 6.07) is 0.261. The molecule has 1 aliphatic carbocycles. The SMILES string of the molecule is CN(CC(=O)NC1CCCCCC1)C(C)(C)C(=O)O. The molecule has 0 heterocycles. The molecule has 0 saturated heterocycles. The first-order valence-corrected chi connectivity index (χ1v) is 7.08. The third-order valence-electron chi connectivity index (χ3n) is 4.08. The molecule has 110 valence electrons. The van der Waals surface area contributed by atoms with Crippen molar-refractivity contribution in [3.05, 3.63) is 0 Å². The Morgan fingerprint density at radius 3 is 2.21 bits per heavy atom. The molecule has 0 atom stereocenters. The Hall–Kier alpha value is -1.10. The van der Waals surface area contributed by atoms with Gasteiger partial charge in [-0.3, -0.25) is 14.5 Å². The van der Waals surface area contributed by atoms with E-state index >= 15 is 0 Å². The molecule has 0 spiro atoms. The monoisotopic (exact) mass is 270 g/mol. The van der Waals surface area contributed by atoms with Crippen molar-refractivity contribution in [3.63, 3.8) is 0 Å². The van der Waals surface area contributed by atoms with Crippen molar-refractivity contribution in [2.24, 2.45) is 0 Å². The van der Waals surface area contributed by atoms with Crippen LogP contribution in [0.25, 0.3) is 0 Å². The number of hydrogen-bond donors (Lipinski definition) is 2. The van der Waals surface area contributed by atoms with Crippen molar-refractivity contribution in [2.45, 2.75) is 64.0 Å². The van der Waals surface area contributed by atoms with Gasteiger partial charge >= 0.3 is 5.97 Å². The summed E-state index contributed by atoms with van der Waals surface area (Å²) in [5.74, 6) is -0.999. The fourth-order valence-electron chi connectivity index (χ4n) is 2.27. The van der Waals surface area contributed by atoms with Crippen LogP contribution >= 0.6 is 0 Å². The summed E-state index contributed by atoms with van der Waals surface area (Å²) in [5.41, 5.74) is -1.03. The molecule has 5 heteroatoms. The van der Waals surface area contributed by atoms with Crippen molar-refractivity contribution in [3.8, 4) is 0 Å². The first-order chi connectivity index (χ1) is 8.84. The van der Waals surface area contributed by atoms with Gasteiger partial charge in [0.05, 0.1) is 6.54 Å². The standard InChI is InChI=1S/C14H26N2O3/c1-14(2,13(18)19)16(3)10-12(17)15-11-8-6-4-5-7-9-11/h11H,4-10H2,1-3H3,(H,15,17)(H,18,19). The average molecular weight is 270 g/mol. The van der Waals surface area contributed by atoms with E-state index in [-0.39, 0.29) is 18.5 Å². The van der Waals surface area contributed by atoms with E-state index in [1.54, 1.807) is 25.8 Å². The van der Waals surface area contributed by atoms with Crippen LogP contribution < -0.4 is 5.32 Å². The lowest BCUT2D eigenvalue weighted by molar-refractivity contribution is -0.149. The molecule has 2 N–H and O–H groups in total. The van der Waals surface area contributed by atoms with Crippen LogP contribution in [0.5, 0.6) is 0 Å². The Morgan fingerprint density at radius 1 is 1.21 bits per heavy atom. The maximum atomic E-state index is 12.0. The van der Waals surface area contributed by atoms with Gasteiger partial charge in [-0.05, 0) is 33.7 Å². The molecule has 0 unspecified atom stereocenters. The summed E-state index contributed by atoms with van der Waals surface area (Å²) >= 11 is 0. The number of aliphatic carboxylic acids is 1. The van der Waals surface area contributed by atoms with Gasteiger partial charge in [0.2, 0.25) is 5.91 Å². The number of amides is 1. The predicted molar refractivity (Wildman–Crippen MR) is 74.0 cm³/mol. The number of rotatable bonds is 5. The van der Waals surface area contributed by atoms with Gasteiger partial charge < -0.3 is 10.4 Å². The second-order valence-corrected chi connectivity index (χ2v) is 5.98. The van der Waals surface area contributed by atoms with E-state index in [0.29, 0.717) is 0 Å². The molecule has 0 aliphatic heterocycles. The zero-order valence-corrected chi connectivity index (χ0v) is 12.2. The largest absolute Gasteiger partial charge is 0.480 e. The van der Waals surface area contributed by atoms with Crippen LogP contribution in [0.15, 0.2) is 0 Å². The minimum absolute atomic E-state index is 0.0799. The van der Waals surface area contributed by atoms with Crippen LogP contribution in [0.4, 0.5) is 0 Å². The number of carbonyl (C=O) groups excluding carboxylic acids is 1. The van der Waals surface area contributed by atoms with E-state index in [1.165, 1.54) is 25.7 Å². The molecular weight excluding hydrogens is 244 g/mol. The highest BCUT2D eigenvalue weighted by atomic mass is 16.4. The summed E-state index contributed by atoms with van der Waals surface area (Å²) in [6.07, 6.45) is 6.91. The first-order valence-electron chi connectivity index (χ1n) is 7.08. The van der Waals surface area contributed by atoms with Crippen LogP contribution in [0.3, 0.4) is 0 Å². The number of carboxylic acids is 1. The van der Waals surface area contributed by atoms with E-state index in [9.17, 15) is 9.59 Å². The molecule has 0 aromatic rings. The van der Waals surface area contributed by atoms with Crippen LogP contribution in [0.1, 0.15) is 52.4 Å². The molecule has 0 aromatic carbocycles. The Kier molecular flexibility index (Phi) is 5.79. The quantitative estimate of drug-likeness (QED) is 0.745. The third-order valence-corrected chi connectivity index (χ3v) is 4.08. The highest BCUT2D eigenvalue weighted by molar-refractivity contribution is 5.81. The number of nitrogens with one attached hydrogen (secondary N) is 1. The van der Waals surface area contributed by atoms with Gasteiger partial charge in [0, 0.05) is 6.04 Å². The Bertz CT molecular complexity index is 321. The zero-order chi connectivity index (χ0) is 14.5. The molecule has 19 heavy (non-hydrogen) atoms. The molecule has 0 aromatic heterocycles. The number of carbonyl (C=O) groups is 2. The second-order valence-electron chi connectivity index (χ2n) is 5.98. The maximum absolute atomic E-state index is 12.0. The van der Waals surface area contributed by atoms with E-state index in [4.69, 9.17) is 5.11 Å². The lowest BCUT2D eigenvalue weighted by atomic mass is 10.0. The van der Waals surface area contributed by atoms with Crippen molar-refractivity contribution in [1.82, 2.24) is 10.2 Å². The van der Waals surface area contributed by atoms with Gasteiger partial charge in [-0.25, -0.2) is 0 Å². The summed E-state index contributed by atoms with van der Waals surface area (Å²) in [4.78, 5) is 24.6. The zero-order valence-electron chi connectivity index (χ0n) is 12.2. The van der Waals surface area contributed by atoms with Crippen LogP contribution in [-0.2, 0) is 9.59 Å². The molecular formula is C14H26N2O3. The molecule has 1 fully saturated rings. The summed E-state index contributed by atoms with van der Waals surface area (Å²) < 4.78 is 0. The molecule has 1 saturated carbocycles. The minimum Gasteiger partial charge on any atom is -0.480 e. The van der Waals surface area contributed by atoms with Crippen molar-refractivity contribution >= 4 is 11.9 Å². The van der Waals surface area contributed by atoms with Gasteiger partial charge in [-0.2, -0.15) is 0 Å². The lowest BCUT2D eigenvalue weighted by Crippen LogP contribution is -2.52. The Labute approximate surface area is 115 Å². The van der Waals surface area contributed by atoms with E-state index in [0.717, 1.165) is 12.8 Å². The summed E-state index contributed by atoms with van der Waals surface area (Å²) in [6.45, 7) is 3.33. The van der Waals surface area contributed by atoms with Gasteiger partial charge in [0.15, 0.2) is 0 Å². The van der Waals surface area contributed by atoms with E-state index < -0.39 is 11.5 Å². The van der Waals surface area contributed by atoms with Crippen molar-refractivity contribution < 1.29 is 14.7 Å². The number of likely N-dealkylation sites (N-methyl/N-ethyl adjacent to an activating group) is 1. The van der Waals surface area contributed by atoms with Crippen LogP contribution in [0, 0.1) is 0 Å². The smallest absolute Gasteiger partial charge is 0.323 e. The summed E-state index contributed by atoms with van der Waals surface area (Å²) in [5, 5.41) is 12.1. The number of nitrogens with zero attached hydrogens (tertiary/aromatic N) is 1. The highest BCUT2D eigenvalue weighted by Gasteiger charge is 2.33. The van der Waals surface area contributed by atoms with Crippen LogP contribution in [0.2, 0.25) is 0 Å². The summed E-state index contributed by atoms with van der Waals surface area (Å²) in [7, 11) is 1.67. The van der Waals surface area contributed by atoms with E-state index in [2.05, 4.69) is 5.32 Å². The normalized spacial score (nSPS) is 18.1. The molecule has 1 rings (SSSR count). The fourth-order valence-corrected chi connectivity index (χ4v) is 2.27. The van der Waals surface area contributed by atoms with Gasteiger partial charge in [-0.15, -0.1) is 0 Å². The molecule has 1 amide bonds. The second kappa shape index (κ2) is 6.89. The Morgan fingerprint density at radius 2 is 1.74 bits per heavy atom. The van der Waals surface area contributed by atoms with Gasteiger partial charge in [0.1, 0.15) is 5.54 Å². The average Bonchev–Trinajstić information content (AvgIpc) is 2.57. The predicted octanol–water partition coefficient (Wildman–Crippen LogP) is 1.62. The number of hydrogen-bond acceptors (Lipinski definition) is 3. The topological polar surface area (TPSA) is 69.6 Å². The molecule has 5 nitrogen and oxygen atoms in total. The van der Waals surface area contributed by atoms with Crippen LogP contribution in [-0.4, -0.2) is 47.1 Å². The highest BCUT2D eigenvalue weighted by Crippen LogP contribution is 2.17. The van der Waals surface area contributed by atoms with E-state index in [1.807, 2.05) is 0 Å². The molecule has 0 bridgehead atoms. The first kappa shape index (κ1) is 16.0. The third kappa shape index (κ3) is 4.82. The number of carboxylic acid groups (broad SMARTS) is 1. The fraction of sp³-hybridized carbons (Fsp3) is 0.857. The van der Waals surface area contributed by atoms with Crippen molar-refractivity contribution in [2.75, 3.05) is 13.6 Å². The van der Waals surface area contributed by atoms with Gasteiger partial charge in [0.25, 0.3) is 0 Å². The minimum atomic E-state index is -1.03. The van der Waals surface area contributed by atoms with Gasteiger partial charge in [-0.1, -0.05) is 25.7 Å². The molecule has 1 aliphatic rings. The lowest BCUT2D eigenvalue weighted by Gasteiger charge is -2.31. The maximum Gasteiger partial charge on any atom is 0.323 e.